The molecule has 1 aliphatic rings. The topological polar surface area (TPSA) is 97.4 Å². The van der Waals surface area contributed by atoms with Crippen LogP contribution in [0.15, 0.2) is 110 Å². The summed E-state index contributed by atoms with van der Waals surface area (Å²) < 4.78 is 27.7. The van der Waals surface area contributed by atoms with Gasteiger partial charge in [0.1, 0.15) is 23.9 Å². The van der Waals surface area contributed by atoms with Crippen molar-refractivity contribution in [1.82, 2.24) is 0 Å². The van der Waals surface area contributed by atoms with E-state index in [9.17, 15) is 14.4 Å². The highest BCUT2D eigenvalue weighted by molar-refractivity contribution is 5.90. The quantitative estimate of drug-likeness (QED) is 0.0503. The number of esters is 3. The molecule has 0 N–H and O–H groups in total. The second-order valence-corrected chi connectivity index (χ2v) is 12.2. The third-order valence-electron chi connectivity index (χ3n) is 8.64. The van der Waals surface area contributed by atoms with E-state index in [0.29, 0.717) is 69.2 Å². The Morgan fingerprint density at radius 3 is 1.50 bits per heavy atom. The lowest BCUT2D eigenvalue weighted by Crippen LogP contribution is -2.30. The average molecular weight is 677 g/mol. The summed E-state index contributed by atoms with van der Waals surface area (Å²) in [5, 5.41) is 0. The number of benzene rings is 4. The van der Waals surface area contributed by atoms with Crippen LogP contribution in [0.25, 0.3) is 22.3 Å². The molecular formula is C42H44O8. The first-order valence-electron chi connectivity index (χ1n) is 17.3. The SMILES string of the molecule is C=CCOCCOc1ccc(-c2ccc(OC(=O)[C@H]3CC[C@H](C(=O)Oc4ccc(-c5ccc(C(=O)OCCCC)cc5)cc4)CC3)cc2)cc1. The fourth-order valence-corrected chi connectivity index (χ4v) is 5.71. The molecule has 4 aromatic carbocycles. The predicted octanol–water partition coefficient (Wildman–Crippen LogP) is 8.88. The van der Waals surface area contributed by atoms with Crippen LogP contribution < -0.4 is 14.2 Å². The van der Waals surface area contributed by atoms with Crippen molar-refractivity contribution in [1.29, 1.82) is 0 Å². The van der Waals surface area contributed by atoms with Crippen LogP contribution >= 0.6 is 0 Å². The molecule has 0 atom stereocenters. The van der Waals surface area contributed by atoms with Crippen LogP contribution in [0.4, 0.5) is 0 Å². The molecule has 4 aromatic rings. The molecule has 0 unspecified atom stereocenters. The lowest BCUT2D eigenvalue weighted by atomic mass is 9.82. The summed E-state index contributed by atoms with van der Waals surface area (Å²) in [6, 6.07) is 29.8. The van der Waals surface area contributed by atoms with Crippen LogP contribution in [-0.4, -0.2) is 44.3 Å². The van der Waals surface area contributed by atoms with Crippen LogP contribution in [0.5, 0.6) is 17.2 Å². The Kier molecular flexibility index (Phi) is 13.4. The van der Waals surface area contributed by atoms with Crippen LogP contribution in [0.3, 0.4) is 0 Å². The fraction of sp³-hybridized carbons (Fsp3) is 0.310. The summed E-state index contributed by atoms with van der Waals surface area (Å²) in [5.74, 6) is 0.293. The van der Waals surface area contributed by atoms with E-state index in [1.807, 2.05) is 67.6 Å². The van der Waals surface area contributed by atoms with Crippen molar-refractivity contribution in [3.63, 3.8) is 0 Å². The van der Waals surface area contributed by atoms with Crippen molar-refractivity contribution in [3.05, 3.63) is 115 Å². The average Bonchev–Trinajstić information content (AvgIpc) is 3.16. The molecule has 0 bridgehead atoms. The van der Waals surface area contributed by atoms with Gasteiger partial charge in [-0.3, -0.25) is 9.59 Å². The smallest absolute Gasteiger partial charge is 0.338 e. The Hall–Kier alpha value is -5.21. The van der Waals surface area contributed by atoms with Gasteiger partial charge in [0.05, 0.1) is 37.2 Å². The highest BCUT2D eigenvalue weighted by Gasteiger charge is 2.32. The number of carbonyl (C=O) groups is 3. The maximum absolute atomic E-state index is 12.9. The molecule has 0 aliphatic heterocycles. The molecular weight excluding hydrogens is 632 g/mol. The third-order valence-corrected chi connectivity index (χ3v) is 8.64. The standard InChI is InChI=1S/C42H44O8/c1-3-5-27-48-40(43)34-8-6-30(7-9-34)32-16-22-38(23-17-32)49-41(44)35-10-12-36(13-11-35)42(45)50-39-24-18-33(19-25-39)31-14-20-37(21-15-31)47-29-28-46-26-4-2/h4,6-9,14-25,35-36H,2-3,5,10-13,26-29H2,1H3/t35-,36-. The van der Waals surface area contributed by atoms with Crippen molar-refractivity contribution in [2.45, 2.75) is 45.4 Å². The van der Waals surface area contributed by atoms with Crippen molar-refractivity contribution < 1.29 is 38.1 Å². The van der Waals surface area contributed by atoms with Gasteiger partial charge in [0.15, 0.2) is 0 Å². The van der Waals surface area contributed by atoms with Crippen molar-refractivity contribution in [3.8, 4) is 39.5 Å². The van der Waals surface area contributed by atoms with Gasteiger partial charge in [-0.2, -0.15) is 0 Å². The molecule has 0 spiro atoms. The Labute approximate surface area is 294 Å². The van der Waals surface area contributed by atoms with E-state index in [2.05, 4.69) is 6.58 Å². The molecule has 0 heterocycles. The lowest BCUT2D eigenvalue weighted by Gasteiger charge is -2.25. The van der Waals surface area contributed by atoms with Gasteiger partial charge in [-0.15, -0.1) is 6.58 Å². The minimum Gasteiger partial charge on any atom is -0.491 e. The zero-order chi connectivity index (χ0) is 35.1. The number of rotatable bonds is 16. The molecule has 1 saturated carbocycles. The second kappa shape index (κ2) is 18.5. The number of hydrogen-bond acceptors (Lipinski definition) is 8. The van der Waals surface area contributed by atoms with Gasteiger partial charge in [-0.25, -0.2) is 4.79 Å². The number of unbranched alkanes of at least 4 members (excludes halogenated alkanes) is 1. The van der Waals surface area contributed by atoms with Gasteiger partial charge in [-0.1, -0.05) is 68.0 Å². The highest BCUT2D eigenvalue weighted by atomic mass is 16.5. The van der Waals surface area contributed by atoms with E-state index in [1.165, 1.54) is 0 Å². The first kappa shape index (κ1) is 36.1. The maximum atomic E-state index is 12.9. The van der Waals surface area contributed by atoms with Gasteiger partial charge < -0.3 is 23.7 Å². The minimum absolute atomic E-state index is 0.266. The van der Waals surface area contributed by atoms with E-state index in [-0.39, 0.29) is 29.7 Å². The molecule has 8 heteroatoms. The Morgan fingerprint density at radius 2 is 1.06 bits per heavy atom. The maximum Gasteiger partial charge on any atom is 0.338 e. The molecule has 1 fully saturated rings. The van der Waals surface area contributed by atoms with Gasteiger partial charge in [0, 0.05) is 0 Å². The monoisotopic (exact) mass is 676 g/mol. The summed E-state index contributed by atoms with van der Waals surface area (Å²) in [6.07, 6.45) is 5.76. The van der Waals surface area contributed by atoms with Gasteiger partial charge in [0.2, 0.25) is 0 Å². The second-order valence-electron chi connectivity index (χ2n) is 12.2. The predicted molar refractivity (Wildman–Crippen MR) is 192 cm³/mol. The van der Waals surface area contributed by atoms with Gasteiger partial charge in [0.25, 0.3) is 0 Å². The van der Waals surface area contributed by atoms with Gasteiger partial charge >= 0.3 is 17.9 Å². The zero-order valence-corrected chi connectivity index (χ0v) is 28.5. The Bertz CT molecular complexity index is 1690. The van der Waals surface area contributed by atoms with Crippen molar-refractivity contribution in [2.75, 3.05) is 26.4 Å². The van der Waals surface area contributed by atoms with E-state index < -0.39 is 0 Å². The van der Waals surface area contributed by atoms with E-state index in [1.54, 1.807) is 42.5 Å². The molecule has 260 valence electrons. The largest absolute Gasteiger partial charge is 0.491 e. The first-order chi connectivity index (χ1) is 24.4. The fourth-order valence-electron chi connectivity index (χ4n) is 5.71. The van der Waals surface area contributed by atoms with E-state index in [0.717, 1.165) is 40.8 Å². The first-order valence-corrected chi connectivity index (χ1v) is 17.3. The third kappa shape index (κ3) is 10.4. The zero-order valence-electron chi connectivity index (χ0n) is 28.5. The van der Waals surface area contributed by atoms with Crippen LogP contribution in [-0.2, 0) is 19.1 Å². The van der Waals surface area contributed by atoms with Gasteiger partial charge in [-0.05, 0) is 103 Å². The summed E-state index contributed by atoms with van der Waals surface area (Å²) >= 11 is 0. The molecule has 1 aliphatic carbocycles. The van der Waals surface area contributed by atoms with Crippen LogP contribution in [0, 0.1) is 11.8 Å². The molecule has 0 aromatic heterocycles. The normalized spacial score (nSPS) is 15.5. The Morgan fingerprint density at radius 1 is 0.620 bits per heavy atom. The molecule has 0 saturated heterocycles. The molecule has 0 amide bonds. The molecule has 50 heavy (non-hydrogen) atoms. The van der Waals surface area contributed by atoms with Crippen LogP contribution in [0.2, 0.25) is 0 Å². The number of ether oxygens (including phenoxy) is 5. The Balaban J connectivity index is 1.04. The molecule has 0 radical (unpaired) electrons. The highest BCUT2D eigenvalue weighted by Crippen LogP contribution is 2.32. The minimum atomic E-state index is -0.323. The number of hydrogen-bond donors (Lipinski definition) is 0. The molecule has 8 nitrogen and oxygen atoms in total. The summed E-state index contributed by atoms with van der Waals surface area (Å²) in [7, 11) is 0. The molecule has 5 rings (SSSR count). The van der Waals surface area contributed by atoms with E-state index >= 15 is 0 Å². The number of carbonyl (C=O) groups excluding carboxylic acids is 3. The van der Waals surface area contributed by atoms with E-state index in [4.69, 9.17) is 23.7 Å². The lowest BCUT2D eigenvalue weighted by molar-refractivity contribution is -0.145. The summed E-state index contributed by atoms with van der Waals surface area (Å²) in [6.45, 7) is 7.55. The summed E-state index contributed by atoms with van der Waals surface area (Å²) in [4.78, 5) is 38.0. The van der Waals surface area contributed by atoms with Crippen molar-refractivity contribution in [2.24, 2.45) is 11.8 Å². The van der Waals surface area contributed by atoms with Crippen molar-refractivity contribution >= 4 is 17.9 Å². The summed E-state index contributed by atoms with van der Waals surface area (Å²) in [5.41, 5.74) is 4.40. The van der Waals surface area contributed by atoms with Crippen LogP contribution in [0.1, 0.15) is 55.8 Å².